The first-order valence-corrected chi connectivity index (χ1v) is 24.5. The molecule has 3 N–H and O–H groups in total. The van der Waals surface area contributed by atoms with E-state index in [2.05, 4.69) is 26.1 Å². The highest BCUT2D eigenvalue weighted by Gasteiger charge is 2.52. The van der Waals surface area contributed by atoms with Crippen LogP contribution in [0.2, 0.25) is 5.04 Å². The van der Waals surface area contributed by atoms with Gasteiger partial charge in [-0.15, -0.1) is 11.8 Å². The number of carbonyl (C=O) groups excluding carboxylic acids is 1. The smallest absolute Gasteiger partial charge is 0.400 e. The molecule has 0 radical (unpaired) electrons. The fraction of sp³-hybridized carbons (Fsp3) is 0.375. The summed E-state index contributed by atoms with van der Waals surface area (Å²) in [6, 6.07) is 30.2. The maximum atomic E-state index is 15.0. The minimum Gasteiger partial charge on any atom is -0.400 e. The molecule has 5 rings (SSSR count). The highest BCUT2D eigenvalue weighted by molar-refractivity contribution is 7.99. The number of primary sulfonamides is 1. The molecule has 4 aromatic rings. The van der Waals surface area contributed by atoms with E-state index in [9.17, 15) is 39.2 Å². The van der Waals surface area contributed by atoms with Gasteiger partial charge < -0.3 is 14.6 Å². The van der Waals surface area contributed by atoms with Gasteiger partial charge in [0.2, 0.25) is 15.9 Å². The molecule has 1 saturated heterocycles. The van der Waals surface area contributed by atoms with E-state index in [0.29, 0.717) is 19.2 Å². The molecule has 0 spiro atoms. The van der Waals surface area contributed by atoms with Crippen molar-refractivity contribution >= 4 is 61.9 Å². The SMILES string of the molecule is CC(C)(C)[Si](OC(CF)CN1CCN(C(=O)CC(CSc2ccccc2)Nc2ccc(S(N)(=O)=O)cc2S(=O)(=O)C(F)(F)F)CC1)(c1ccccc1)c1ccccc1. The number of carbonyl (C=O) groups is 1. The van der Waals surface area contributed by atoms with Crippen molar-refractivity contribution in [3.8, 4) is 0 Å². The third-order valence-electron chi connectivity index (χ3n) is 9.97. The number of sulfonamides is 1. The van der Waals surface area contributed by atoms with E-state index in [1.807, 2.05) is 83.8 Å². The molecule has 1 fully saturated rings. The van der Waals surface area contributed by atoms with E-state index < -0.39 is 68.0 Å². The van der Waals surface area contributed by atoms with Gasteiger partial charge in [0.05, 0.1) is 16.7 Å². The minimum absolute atomic E-state index is 0.135. The third kappa shape index (κ3) is 10.7. The summed E-state index contributed by atoms with van der Waals surface area (Å²) < 4.78 is 113. The molecule has 0 bridgehead atoms. The zero-order valence-electron chi connectivity index (χ0n) is 32.4. The summed E-state index contributed by atoms with van der Waals surface area (Å²) in [5.41, 5.74) is -6.28. The van der Waals surface area contributed by atoms with E-state index >= 15 is 0 Å². The molecule has 18 heteroatoms. The maximum Gasteiger partial charge on any atom is 0.501 e. The van der Waals surface area contributed by atoms with Crippen LogP contribution in [-0.2, 0) is 29.1 Å². The summed E-state index contributed by atoms with van der Waals surface area (Å²) >= 11 is 1.30. The lowest BCUT2D eigenvalue weighted by Gasteiger charge is -2.46. The molecule has 0 saturated carbocycles. The number of alkyl halides is 4. The van der Waals surface area contributed by atoms with E-state index in [0.717, 1.165) is 27.4 Å². The number of thioether (sulfide) groups is 1. The number of nitrogens with two attached hydrogens (primary N) is 1. The van der Waals surface area contributed by atoms with Gasteiger partial charge in [0.15, 0.2) is 0 Å². The lowest BCUT2D eigenvalue weighted by atomic mass is 10.1. The maximum absolute atomic E-state index is 15.0. The number of amides is 1. The van der Waals surface area contributed by atoms with Crippen LogP contribution in [0.15, 0.2) is 124 Å². The Morgan fingerprint density at radius 1 is 0.845 bits per heavy atom. The number of nitrogens with zero attached hydrogens (tertiary/aromatic N) is 2. The molecule has 314 valence electrons. The average molecular weight is 881 g/mol. The number of rotatable bonds is 16. The number of sulfone groups is 1. The highest BCUT2D eigenvalue weighted by atomic mass is 32.2. The number of benzene rings is 4. The molecular weight excluding hydrogens is 833 g/mol. The number of piperazine rings is 1. The van der Waals surface area contributed by atoms with Crippen LogP contribution in [0.4, 0.5) is 23.2 Å². The largest absolute Gasteiger partial charge is 0.501 e. The molecule has 1 aliphatic rings. The van der Waals surface area contributed by atoms with Crippen molar-refractivity contribution in [2.45, 2.75) is 64.6 Å². The molecular formula is C40H48F4N4O6S3Si. The summed E-state index contributed by atoms with van der Waals surface area (Å²) in [6.45, 7) is 7.31. The molecule has 4 aromatic carbocycles. The van der Waals surface area contributed by atoms with Crippen molar-refractivity contribution in [3.63, 3.8) is 0 Å². The Morgan fingerprint density at radius 3 is 1.86 bits per heavy atom. The second-order valence-corrected chi connectivity index (χ2v) is 23.9. The Morgan fingerprint density at radius 2 is 1.38 bits per heavy atom. The van der Waals surface area contributed by atoms with Crippen LogP contribution in [0.1, 0.15) is 27.2 Å². The quantitative estimate of drug-likeness (QED) is 0.0831. The van der Waals surface area contributed by atoms with Crippen molar-refractivity contribution in [2.75, 3.05) is 50.5 Å². The molecule has 1 aliphatic heterocycles. The molecule has 2 unspecified atom stereocenters. The lowest BCUT2D eigenvalue weighted by Crippen LogP contribution is -2.68. The predicted molar refractivity (Wildman–Crippen MR) is 222 cm³/mol. The Kier molecular flexibility index (Phi) is 14.6. The number of anilines is 1. The van der Waals surface area contributed by atoms with Gasteiger partial charge in [-0.2, -0.15) is 13.2 Å². The number of hydrogen-bond acceptors (Lipinski definition) is 9. The standard InChI is InChI=1S/C40H48F4N4O6S3Si/c1-39(2,3)58(34-15-9-5-10-16-34,35-17-11-6-12-18-35)54-31(27-41)28-47-21-23-48(24-22-47)38(49)25-30(29-55-32-13-7-4-8-14-32)46-36-20-19-33(57(45,52)53)26-37(36)56(50,51)40(42,43)44/h4-20,26,30-31,46H,21-25,27-29H2,1-3H3,(H2,45,52,53). The van der Waals surface area contributed by atoms with Crippen molar-refractivity contribution < 1.29 is 43.6 Å². The summed E-state index contributed by atoms with van der Waals surface area (Å²) in [5.74, 6) is -0.201. The van der Waals surface area contributed by atoms with E-state index in [4.69, 9.17) is 9.56 Å². The number of halogens is 4. The van der Waals surface area contributed by atoms with Gasteiger partial charge in [0.1, 0.15) is 11.6 Å². The molecule has 1 amide bonds. The Labute approximate surface area is 343 Å². The van der Waals surface area contributed by atoms with Crippen molar-refractivity contribution in [2.24, 2.45) is 5.14 Å². The monoisotopic (exact) mass is 880 g/mol. The second-order valence-electron chi connectivity index (χ2n) is 15.1. The van der Waals surface area contributed by atoms with E-state index in [1.54, 1.807) is 17.0 Å². The van der Waals surface area contributed by atoms with Crippen LogP contribution in [-0.4, -0.2) is 104 Å². The second kappa shape index (κ2) is 18.6. The van der Waals surface area contributed by atoms with Crippen LogP contribution in [0.5, 0.6) is 0 Å². The fourth-order valence-corrected chi connectivity index (χ4v) is 14.3. The zero-order valence-corrected chi connectivity index (χ0v) is 35.8. The Bertz CT molecular complexity index is 2170. The molecule has 0 aliphatic carbocycles. The predicted octanol–water partition coefficient (Wildman–Crippen LogP) is 5.65. The zero-order chi connectivity index (χ0) is 42.4. The van der Waals surface area contributed by atoms with Crippen LogP contribution in [0.25, 0.3) is 0 Å². The van der Waals surface area contributed by atoms with E-state index in [1.165, 1.54) is 11.8 Å². The van der Waals surface area contributed by atoms with Gasteiger partial charge in [-0.25, -0.2) is 26.4 Å². The molecule has 0 aromatic heterocycles. The van der Waals surface area contributed by atoms with Gasteiger partial charge in [0, 0.05) is 55.8 Å². The summed E-state index contributed by atoms with van der Waals surface area (Å²) in [6.07, 6.45) is -0.994. The Hall–Kier alpha value is -3.78. The fourth-order valence-electron chi connectivity index (χ4n) is 7.10. The first-order chi connectivity index (χ1) is 27.3. The lowest BCUT2D eigenvalue weighted by molar-refractivity contribution is -0.133. The minimum atomic E-state index is -6.05. The van der Waals surface area contributed by atoms with Crippen LogP contribution >= 0.6 is 11.8 Å². The summed E-state index contributed by atoms with van der Waals surface area (Å²) in [7, 11) is -13.7. The molecule has 10 nitrogen and oxygen atoms in total. The van der Waals surface area contributed by atoms with Gasteiger partial charge in [-0.05, 0) is 45.7 Å². The summed E-state index contributed by atoms with van der Waals surface area (Å²) in [4.78, 5) is 16.1. The first kappa shape index (κ1) is 45.3. The van der Waals surface area contributed by atoms with Crippen molar-refractivity contribution in [1.29, 1.82) is 0 Å². The van der Waals surface area contributed by atoms with Gasteiger partial charge in [0.25, 0.3) is 18.2 Å². The molecule has 2 atom stereocenters. The van der Waals surface area contributed by atoms with Gasteiger partial charge in [-0.1, -0.05) is 99.6 Å². The van der Waals surface area contributed by atoms with Gasteiger partial charge >= 0.3 is 5.51 Å². The average Bonchev–Trinajstić information content (AvgIpc) is 3.18. The molecule has 1 heterocycles. The topological polar surface area (TPSA) is 139 Å². The molecule has 58 heavy (non-hydrogen) atoms. The third-order valence-corrected chi connectivity index (χ3v) is 18.7. The van der Waals surface area contributed by atoms with E-state index in [-0.39, 0.29) is 42.8 Å². The normalized spacial score (nSPS) is 15.8. The van der Waals surface area contributed by atoms with Crippen molar-refractivity contribution in [1.82, 2.24) is 9.80 Å². The highest BCUT2D eigenvalue weighted by Crippen LogP contribution is 2.38. The van der Waals surface area contributed by atoms with Crippen LogP contribution in [0, 0.1) is 0 Å². The number of nitrogens with one attached hydrogen (secondary N) is 1. The van der Waals surface area contributed by atoms with Crippen LogP contribution < -0.4 is 20.8 Å². The summed E-state index contributed by atoms with van der Waals surface area (Å²) in [5, 5.41) is 9.61. The first-order valence-electron chi connectivity index (χ1n) is 18.5. The van der Waals surface area contributed by atoms with Crippen LogP contribution in [0.3, 0.4) is 0 Å². The number of hydrogen-bond donors (Lipinski definition) is 2. The Balaban J connectivity index is 1.32. The van der Waals surface area contributed by atoms with Crippen molar-refractivity contribution in [3.05, 3.63) is 109 Å². The van der Waals surface area contributed by atoms with Gasteiger partial charge in [-0.3, -0.25) is 9.69 Å².